The summed E-state index contributed by atoms with van der Waals surface area (Å²) in [6, 6.07) is 3.20. The average Bonchev–Trinajstić information content (AvgIpc) is 2.17. The van der Waals surface area contributed by atoms with Gasteiger partial charge in [0.05, 0.1) is 12.8 Å². The van der Waals surface area contributed by atoms with Crippen LogP contribution in [0.5, 0.6) is 0 Å². The third kappa shape index (κ3) is 1.95. The Hall–Kier alpha value is -0.770. The summed E-state index contributed by atoms with van der Waals surface area (Å²) in [5, 5.41) is 3.87. The number of carbonyl (C=O) groups is 1. The number of halogens is 3. The second-order valence-electron chi connectivity index (χ2n) is 3.00. The van der Waals surface area contributed by atoms with E-state index in [4.69, 9.17) is 35.0 Å². The van der Waals surface area contributed by atoms with Crippen molar-refractivity contribution >= 4 is 46.4 Å². The largest absolute Gasteiger partial charge is 0.276 e. The van der Waals surface area contributed by atoms with Gasteiger partial charge in [-0.3, -0.25) is 4.79 Å². The van der Waals surface area contributed by atoms with Gasteiger partial charge in [-0.25, -0.2) is 4.53 Å². The summed E-state index contributed by atoms with van der Waals surface area (Å²) in [5.74, 6) is 0. The highest BCUT2D eigenvalue weighted by Crippen LogP contribution is 2.28. The van der Waals surface area contributed by atoms with Crippen LogP contribution in [0, 0.1) is 0 Å². The summed E-state index contributed by atoms with van der Waals surface area (Å²) in [4.78, 5) is 11.2. The minimum atomic E-state index is -0.525. The summed E-state index contributed by atoms with van der Waals surface area (Å²) in [6.07, 6.45) is 1.51. The highest BCUT2D eigenvalue weighted by atomic mass is 35.5. The van der Waals surface area contributed by atoms with Gasteiger partial charge in [0, 0.05) is 27.9 Å². The molecule has 0 saturated heterocycles. The third-order valence-corrected chi connectivity index (χ3v) is 2.86. The van der Waals surface area contributed by atoms with Crippen molar-refractivity contribution in [3.05, 3.63) is 33.8 Å². The summed E-state index contributed by atoms with van der Waals surface area (Å²) in [6.45, 7) is 0.307. The van der Waals surface area contributed by atoms with E-state index >= 15 is 0 Å². The molecule has 0 amide bonds. The Morgan fingerprint density at radius 2 is 2.20 bits per heavy atom. The van der Waals surface area contributed by atoms with Crippen LogP contribution in [0.15, 0.2) is 17.2 Å². The maximum absolute atomic E-state index is 11.2. The molecular weight excluding hydrogens is 258 g/mol. The number of fused-ring (bicyclic) bond motifs is 1. The Balaban J connectivity index is 2.64. The predicted octanol–water partition coefficient (Wildman–Crippen LogP) is 3.02. The second kappa shape index (κ2) is 4.00. The lowest BCUT2D eigenvalue weighted by molar-refractivity contribution is 0.108. The van der Waals surface area contributed by atoms with Gasteiger partial charge in [0.1, 0.15) is 0 Å². The van der Waals surface area contributed by atoms with Crippen LogP contribution < -0.4 is 0 Å². The molecule has 1 aromatic rings. The minimum absolute atomic E-state index is 0.307. The zero-order valence-corrected chi connectivity index (χ0v) is 9.64. The molecule has 2 rings (SSSR count). The molecule has 0 aromatic heterocycles. The molecule has 0 saturated carbocycles. The van der Waals surface area contributed by atoms with Gasteiger partial charge in [-0.2, -0.15) is 5.10 Å². The van der Waals surface area contributed by atoms with Crippen LogP contribution in [-0.2, 0) is 6.54 Å². The Morgan fingerprint density at radius 1 is 1.47 bits per heavy atom. The van der Waals surface area contributed by atoms with E-state index in [2.05, 4.69) is 5.10 Å². The molecule has 78 valence electrons. The minimum Gasteiger partial charge on any atom is -0.276 e. The first-order chi connectivity index (χ1) is 7.09. The van der Waals surface area contributed by atoms with E-state index < -0.39 is 5.24 Å². The molecular formula is C9H5Cl3N2O. The van der Waals surface area contributed by atoms with Crippen LogP contribution in [0.25, 0.3) is 0 Å². The fraction of sp³-hybridized carbons (Fsp3) is 0.111. The maximum atomic E-state index is 11.2. The number of benzene rings is 1. The Labute approximate surface area is 101 Å². The highest BCUT2D eigenvalue weighted by Gasteiger charge is 2.19. The van der Waals surface area contributed by atoms with E-state index in [1.165, 1.54) is 10.7 Å². The first kappa shape index (κ1) is 10.7. The molecule has 1 aliphatic rings. The molecule has 0 radical (unpaired) electrons. The summed E-state index contributed by atoms with van der Waals surface area (Å²) >= 11 is 17.1. The predicted molar refractivity (Wildman–Crippen MR) is 60.6 cm³/mol. The van der Waals surface area contributed by atoms with Crippen molar-refractivity contribution < 1.29 is 4.79 Å². The topological polar surface area (TPSA) is 32.7 Å². The molecule has 0 aliphatic carbocycles. The van der Waals surface area contributed by atoms with Crippen LogP contribution in [0.2, 0.25) is 5.02 Å². The fourth-order valence-corrected chi connectivity index (χ4v) is 1.99. The van der Waals surface area contributed by atoms with Gasteiger partial charge in [0.15, 0.2) is 0 Å². The van der Waals surface area contributed by atoms with Crippen LogP contribution >= 0.6 is 35.0 Å². The Kier molecular flexibility index (Phi) is 2.87. The maximum Gasteiger partial charge on any atom is 0.252 e. The standard InChI is InChI=1S/C9H5Cl3N2O/c10-8-2-1-5(9(11)15)7-4-14(12)13-3-6(7)8/h1-3H,4H2. The van der Waals surface area contributed by atoms with Crippen LogP contribution in [0.4, 0.5) is 0 Å². The van der Waals surface area contributed by atoms with Crippen molar-refractivity contribution in [1.82, 2.24) is 4.53 Å². The van der Waals surface area contributed by atoms with Crippen LogP contribution in [0.3, 0.4) is 0 Å². The lowest BCUT2D eigenvalue weighted by Crippen LogP contribution is -2.16. The number of rotatable bonds is 1. The molecule has 0 N–H and O–H groups in total. The number of hydrazone groups is 1. The molecule has 0 fully saturated rings. The molecule has 3 nitrogen and oxygen atoms in total. The molecule has 15 heavy (non-hydrogen) atoms. The van der Waals surface area contributed by atoms with Crippen molar-refractivity contribution in [2.75, 3.05) is 0 Å². The van der Waals surface area contributed by atoms with Crippen molar-refractivity contribution in [2.45, 2.75) is 6.54 Å². The van der Waals surface area contributed by atoms with Gasteiger partial charge in [0.2, 0.25) is 0 Å². The van der Waals surface area contributed by atoms with Crippen molar-refractivity contribution in [1.29, 1.82) is 0 Å². The van der Waals surface area contributed by atoms with Gasteiger partial charge in [-0.15, -0.1) is 0 Å². The van der Waals surface area contributed by atoms with Crippen molar-refractivity contribution in [3.8, 4) is 0 Å². The molecule has 1 aromatic carbocycles. The molecule has 0 atom stereocenters. The average molecular weight is 264 g/mol. The monoisotopic (exact) mass is 262 g/mol. The van der Waals surface area contributed by atoms with E-state index in [0.29, 0.717) is 28.3 Å². The first-order valence-corrected chi connectivity index (χ1v) is 5.17. The number of nitrogens with zero attached hydrogens (tertiary/aromatic N) is 2. The Morgan fingerprint density at radius 3 is 2.87 bits per heavy atom. The normalized spacial score (nSPS) is 13.9. The van der Waals surface area contributed by atoms with Gasteiger partial charge in [-0.1, -0.05) is 11.6 Å². The number of hydrogen-bond acceptors (Lipinski definition) is 3. The van der Waals surface area contributed by atoms with Crippen LogP contribution in [-0.4, -0.2) is 16.0 Å². The molecule has 6 heteroatoms. The van der Waals surface area contributed by atoms with E-state index in [1.54, 1.807) is 12.1 Å². The molecule has 0 spiro atoms. The second-order valence-corrected chi connectivity index (χ2v) is 4.14. The number of carbonyl (C=O) groups excluding carboxylic acids is 1. The SMILES string of the molecule is O=C(Cl)c1ccc(Cl)c2c1CN(Cl)N=C2. The summed E-state index contributed by atoms with van der Waals surface area (Å²) in [7, 11) is 0. The summed E-state index contributed by atoms with van der Waals surface area (Å²) < 4.78 is 1.20. The van der Waals surface area contributed by atoms with Gasteiger partial charge < -0.3 is 0 Å². The van der Waals surface area contributed by atoms with Crippen molar-refractivity contribution in [2.24, 2.45) is 5.10 Å². The quantitative estimate of drug-likeness (QED) is 0.576. The molecule has 1 aliphatic heterocycles. The van der Waals surface area contributed by atoms with E-state index in [9.17, 15) is 4.79 Å². The van der Waals surface area contributed by atoms with E-state index in [0.717, 1.165) is 0 Å². The lowest BCUT2D eigenvalue weighted by atomic mass is 10.0. The number of hydrogen-bond donors (Lipinski definition) is 0. The molecule has 0 unspecified atom stereocenters. The van der Waals surface area contributed by atoms with Gasteiger partial charge in [-0.05, 0) is 29.3 Å². The van der Waals surface area contributed by atoms with E-state index in [-0.39, 0.29) is 0 Å². The zero-order valence-electron chi connectivity index (χ0n) is 7.38. The highest BCUT2D eigenvalue weighted by molar-refractivity contribution is 6.68. The summed E-state index contributed by atoms with van der Waals surface area (Å²) in [5.41, 5.74) is 1.81. The Bertz CT molecular complexity index is 459. The smallest absolute Gasteiger partial charge is 0.252 e. The zero-order chi connectivity index (χ0) is 11.0. The van der Waals surface area contributed by atoms with E-state index in [1.807, 2.05) is 0 Å². The lowest BCUT2D eigenvalue weighted by Gasteiger charge is -2.19. The molecule has 1 heterocycles. The van der Waals surface area contributed by atoms with Gasteiger partial charge >= 0.3 is 0 Å². The van der Waals surface area contributed by atoms with Gasteiger partial charge in [0.25, 0.3) is 5.24 Å². The van der Waals surface area contributed by atoms with Crippen LogP contribution in [0.1, 0.15) is 21.5 Å². The fourth-order valence-electron chi connectivity index (χ4n) is 1.42. The first-order valence-electron chi connectivity index (χ1n) is 4.08. The molecule has 0 bridgehead atoms. The third-order valence-electron chi connectivity index (χ3n) is 2.12. The van der Waals surface area contributed by atoms with Crippen molar-refractivity contribution in [3.63, 3.8) is 0 Å².